The lowest BCUT2D eigenvalue weighted by Gasteiger charge is -2.17. The topological polar surface area (TPSA) is 29.5 Å². The third kappa shape index (κ3) is 5.89. The Hall–Kier alpha value is -0.670. The minimum Gasteiger partial charge on any atom is -0.450 e. The Morgan fingerprint density at radius 1 is 1.29 bits per heavy atom. The lowest BCUT2D eigenvalue weighted by atomic mass is 10.5. The maximum absolute atomic E-state index is 11.3. The van der Waals surface area contributed by atoms with E-state index >= 15 is 0 Å². The Morgan fingerprint density at radius 2 is 1.79 bits per heavy atom. The van der Waals surface area contributed by atoms with Gasteiger partial charge in [0.2, 0.25) is 0 Å². The first kappa shape index (κ1) is 13.3. The van der Waals surface area contributed by atoms with Crippen molar-refractivity contribution >= 4 is 29.3 Å². The lowest BCUT2D eigenvalue weighted by Crippen LogP contribution is -2.31. The molecule has 0 aromatic rings. The van der Waals surface area contributed by atoms with Crippen molar-refractivity contribution in [2.24, 2.45) is 0 Å². The average molecular weight is 238 g/mol. The Balaban J connectivity index is 4.14. The van der Waals surface area contributed by atoms with Crippen LogP contribution in [0.15, 0.2) is 23.2 Å². The molecule has 0 unspecified atom stereocenters. The normalized spacial score (nSPS) is 11.1. The first-order valence-corrected chi connectivity index (χ1v) is 5.05. The third-order valence-corrected chi connectivity index (χ3v) is 1.71. The molecule has 0 aromatic carbocycles. The molecule has 3 nitrogen and oxygen atoms in total. The second-order valence-electron chi connectivity index (χ2n) is 2.33. The molecule has 0 aliphatic carbocycles. The summed E-state index contributed by atoms with van der Waals surface area (Å²) < 4.78 is 4.83. The number of amides is 1. The van der Waals surface area contributed by atoms with E-state index in [9.17, 15) is 4.79 Å². The van der Waals surface area contributed by atoms with Gasteiger partial charge in [0.05, 0.1) is 6.61 Å². The summed E-state index contributed by atoms with van der Waals surface area (Å²) in [5, 5.41) is 0. The fraction of sp³-hybridized carbons (Fsp3) is 0.444. The maximum Gasteiger partial charge on any atom is 0.410 e. The summed E-state index contributed by atoms with van der Waals surface area (Å²) >= 11 is 10.7. The van der Waals surface area contributed by atoms with Gasteiger partial charge in [0, 0.05) is 24.2 Å². The van der Waals surface area contributed by atoms with Crippen molar-refractivity contribution in [3.8, 4) is 0 Å². The SMILES string of the molecule is CCOC(=O)N(C/C=C/Cl)C/C=C/Cl. The van der Waals surface area contributed by atoms with E-state index in [1.54, 1.807) is 19.1 Å². The van der Waals surface area contributed by atoms with Crippen LogP contribution in [0.5, 0.6) is 0 Å². The van der Waals surface area contributed by atoms with Gasteiger partial charge in [0.15, 0.2) is 0 Å². The third-order valence-electron chi connectivity index (χ3n) is 1.36. The highest BCUT2D eigenvalue weighted by Crippen LogP contribution is 1.97. The van der Waals surface area contributed by atoms with Gasteiger partial charge in [-0.1, -0.05) is 35.4 Å². The van der Waals surface area contributed by atoms with Crippen LogP contribution in [0.4, 0.5) is 4.79 Å². The molecular weight excluding hydrogens is 225 g/mol. The highest BCUT2D eigenvalue weighted by molar-refractivity contribution is 6.25. The van der Waals surface area contributed by atoms with E-state index in [0.29, 0.717) is 19.7 Å². The Morgan fingerprint density at radius 3 is 2.14 bits per heavy atom. The zero-order valence-electron chi connectivity index (χ0n) is 7.95. The van der Waals surface area contributed by atoms with Crippen molar-refractivity contribution in [3.05, 3.63) is 23.2 Å². The van der Waals surface area contributed by atoms with Gasteiger partial charge in [0.1, 0.15) is 0 Å². The molecule has 0 heterocycles. The average Bonchev–Trinajstić information content (AvgIpc) is 2.18. The molecule has 0 rings (SSSR count). The van der Waals surface area contributed by atoms with Gasteiger partial charge in [-0.25, -0.2) is 4.79 Å². The van der Waals surface area contributed by atoms with Crippen LogP contribution >= 0.6 is 23.2 Å². The molecule has 0 aliphatic rings. The number of nitrogens with zero attached hydrogens (tertiary/aromatic N) is 1. The predicted molar refractivity (Wildman–Crippen MR) is 58.6 cm³/mol. The van der Waals surface area contributed by atoms with Gasteiger partial charge in [-0.2, -0.15) is 0 Å². The van der Waals surface area contributed by atoms with Crippen LogP contribution in [0.1, 0.15) is 6.92 Å². The van der Waals surface area contributed by atoms with Crippen LogP contribution in [0.2, 0.25) is 0 Å². The Kier molecular flexibility index (Phi) is 8.48. The minimum atomic E-state index is -0.378. The van der Waals surface area contributed by atoms with E-state index in [1.165, 1.54) is 16.0 Å². The standard InChI is InChI=1S/C9H13Cl2NO2/c1-2-14-9(13)12(7-3-5-10)8-4-6-11/h3-6H,2,7-8H2,1H3/b5-3+,6-4+. The predicted octanol–water partition coefficient (Wildman–Crippen LogP) is 2.95. The quantitative estimate of drug-likeness (QED) is 0.736. The van der Waals surface area contributed by atoms with Gasteiger partial charge in [-0.05, 0) is 6.92 Å². The van der Waals surface area contributed by atoms with Crippen molar-refractivity contribution in [2.75, 3.05) is 19.7 Å². The van der Waals surface area contributed by atoms with Gasteiger partial charge < -0.3 is 9.64 Å². The molecule has 0 fully saturated rings. The molecule has 14 heavy (non-hydrogen) atoms. The fourth-order valence-electron chi connectivity index (χ4n) is 0.773. The molecule has 0 aromatic heterocycles. The van der Waals surface area contributed by atoms with Crippen LogP contribution in [-0.2, 0) is 4.74 Å². The highest BCUT2D eigenvalue weighted by atomic mass is 35.5. The summed E-state index contributed by atoms with van der Waals surface area (Å²) in [4.78, 5) is 12.8. The van der Waals surface area contributed by atoms with E-state index in [1.807, 2.05) is 0 Å². The molecule has 0 bridgehead atoms. The summed E-state index contributed by atoms with van der Waals surface area (Å²) in [6.07, 6.45) is 2.93. The monoisotopic (exact) mass is 237 g/mol. The zero-order valence-corrected chi connectivity index (χ0v) is 9.46. The van der Waals surface area contributed by atoms with Crippen LogP contribution in [0.3, 0.4) is 0 Å². The molecule has 0 spiro atoms. The molecule has 5 heteroatoms. The van der Waals surface area contributed by atoms with Crippen LogP contribution in [0, 0.1) is 0 Å². The summed E-state index contributed by atoms with van der Waals surface area (Å²) in [7, 11) is 0. The summed E-state index contributed by atoms with van der Waals surface area (Å²) in [5.74, 6) is 0. The number of halogens is 2. The largest absolute Gasteiger partial charge is 0.450 e. The molecule has 1 amide bonds. The molecule has 0 aliphatic heterocycles. The molecule has 0 radical (unpaired) electrons. The van der Waals surface area contributed by atoms with Gasteiger partial charge in [-0.15, -0.1) is 0 Å². The molecule has 0 N–H and O–H groups in total. The van der Waals surface area contributed by atoms with Gasteiger partial charge >= 0.3 is 6.09 Å². The van der Waals surface area contributed by atoms with Crippen molar-refractivity contribution < 1.29 is 9.53 Å². The molecule has 80 valence electrons. The number of hydrogen-bond donors (Lipinski definition) is 0. The van der Waals surface area contributed by atoms with Crippen molar-refractivity contribution in [1.82, 2.24) is 4.90 Å². The number of rotatable bonds is 5. The van der Waals surface area contributed by atoms with Crippen LogP contribution < -0.4 is 0 Å². The Labute approximate surface area is 93.9 Å². The molecule has 0 atom stereocenters. The van der Waals surface area contributed by atoms with E-state index in [4.69, 9.17) is 27.9 Å². The number of carbonyl (C=O) groups is 1. The molecular formula is C9H13Cl2NO2. The van der Waals surface area contributed by atoms with Gasteiger partial charge in [-0.3, -0.25) is 0 Å². The smallest absolute Gasteiger partial charge is 0.410 e. The molecule has 0 saturated carbocycles. The second-order valence-corrected chi connectivity index (χ2v) is 2.83. The van der Waals surface area contributed by atoms with Crippen LogP contribution in [-0.4, -0.2) is 30.7 Å². The van der Waals surface area contributed by atoms with E-state index < -0.39 is 0 Å². The van der Waals surface area contributed by atoms with Crippen molar-refractivity contribution in [3.63, 3.8) is 0 Å². The minimum absolute atomic E-state index is 0.352. The van der Waals surface area contributed by atoms with Gasteiger partial charge in [0.25, 0.3) is 0 Å². The second kappa shape index (κ2) is 8.91. The lowest BCUT2D eigenvalue weighted by molar-refractivity contribution is 0.115. The first-order chi connectivity index (χ1) is 6.76. The number of hydrogen-bond acceptors (Lipinski definition) is 2. The molecule has 0 saturated heterocycles. The van der Waals surface area contributed by atoms with E-state index in [0.717, 1.165) is 0 Å². The van der Waals surface area contributed by atoms with E-state index in [2.05, 4.69) is 0 Å². The van der Waals surface area contributed by atoms with Crippen molar-refractivity contribution in [1.29, 1.82) is 0 Å². The Bertz CT molecular complexity index is 203. The number of ether oxygens (including phenoxy) is 1. The summed E-state index contributed by atoms with van der Waals surface area (Å²) in [6, 6.07) is 0. The summed E-state index contributed by atoms with van der Waals surface area (Å²) in [6.45, 7) is 2.92. The highest BCUT2D eigenvalue weighted by Gasteiger charge is 2.10. The van der Waals surface area contributed by atoms with Crippen molar-refractivity contribution in [2.45, 2.75) is 6.92 Å². The summed E-state index contributed by atoms with van der Waals surface area (Å²) in [5.41, 5.74) is 2.72. The van der Waals surface area contributed by atoms with E-state index in [-0.39, 0.29) is 6.09 Å². The fourth-order valence-corrected chi connectivity index (χ4v) is 0.932. The zero-order chi connectivity index (χ0) is 10.8. The first-order valence-electron chi connectivity index (χ1n) is 4.18. The number of carbonyl (C=O) groups excluding carboxylic acids is 1. The van der Waals surface area contributed by atoms with Crippen LogP contribution in [0.25, 0.3) is 0 Å². The maximum atomic E-state index is 11.3.